The summed E-state index contributed by atoms with van der Waals surface area (Å²) in [5.74, 6) is -0.0113. The number of anilines is 2. The highest BCUT2D eigenvalue weighted by molar-refractivity contribution is 6.04. The average molecular weight is 376 g/mol. The van der Waals surface area contributed by atoms with Gasteiger partial charge in [0.1, 0.15) is 5.75 Å². The van der Waals surface area contributed by atoms with Gasteiger partial charge in [0.15, 0.2) is 0 Å². The number of rotatable bonds is 5. The second-order valence-electron chi connectivity index (χ2n) is 6.56. The zero-order valence-electron chi connectivity index (χ0n) is 15.4. The number of amides is 2. The molecule has 3 aromatic rings. The van der Waals surface area contributed by atoms with Crippen LogP contribution in [0.2, 0.25) is 0 Å². The molecule has 142 valence electrons. The molecule has 1 aliphatic heterocycles. The zero-order chi connectivity index (χ0) is 19.5. The third kappa shape index (κ3) is 3.46. The van der Waals surface area contributed by atoms with Gasteiger partial charge in [-0.1, -0.05) is 18.2 Å². The lowest BCUT2D eigenvalue weighted by Crippen LogP contribution is -2.28. The molecule has 1 fully saturated rings. The van der Waals surface area contributed by atoms with E-state index in [2.05, 4.69) is 10.4 Å². The van der Waals surface area contributed by atoms with Crippen molar-refractivity contribution in [3.05, 3.63) is 67.0 Å². The summed E-state index contributed by atoms with van der Waals surface area (Å²) in [6.07, 6.45) is 3.67. The van der Waals surface area contributed by atoms with Gasteiger partial charge in [0.2, 0.25) is 11.8 Å². The molecule has 1 saturated heterocycles. The van der Waals surface area contributed by atoms with E-state index in [-0.39, 0.29) is 18.2 Å². The summed E-state index contributed by atoms with van der Waals surface area (Å²) in [5.41, 5.74) is 2.16. The molecular formula is C21H20N4O3. The molecule has 2 amide bonds. The number of para-hydroxylation sites is 2. The standard InChI is InChI=1S/C21H20N4O3/c1-28-17-7-4-6-16(13-17)24-14-15(12-20(24)26)21(27)23-18-8-2-3-9-19(18)25-11-5-10-22-25/h2-11,13,15H,12,14H2,1H3,(H,23,27). The zero-order valence-corrected chi connectivity index (χ0v) is 15.4. The molecule has 0 radical (unpaired) electrons. The van der Waals surface area contributed by atoms with E-state index < -0.39 is 5.92 Å². The van der Waals surface area contributed by atoms with Crippen molar-refractivity contribution in [3.8, 4) is 11.4 Å². The third-order valence-corrected chi connectivity index (χ3v) is 4.77. The molecule has 28 heavy (non-hydrogen) atoms. The van der Waals surface area contributed by atoms with Crippen LogP contribution < -0.4 is 15.0 Å². The summed E-state index contributed by atoms with van der Waals surface area (Å²) >= 11 is 0. The highest BCUT2D eigenvalue weighted by atomic mass is 16.5. The molecule has 0 saturated carbocycles. The summed E-state index contributed by atoms with van der Waals surface area (Å²) in [6, 6.07) is 16.5. The summed E-state index contributed by atoms with van der Waals surface area (Å²) in [5, 5.41) is 7.18. The Labute approximate surface area is 162 Å². The first-order valence-corrected chi connectivity index (χ1v) is 9.00. The summed E-state index contributed by atoms with van der Waals surface area (Å²) in [7, 11) is 1.58. The van der Waals surface area contributed by atoms with E-state index in [0.717, 1.165) is 11.4 Å². The monoisotopic (exact) mass is 376 g/mol. The van der Waals surface area contributed by atoms with Crippen LogP contribution in [0.1, 0.15) is 6.42 Å². The highest BCUT2D eigenvalue weighted by Gasteiger charge is 2.35. The number of hydrogen-bond acceptors (Lipinski definition) is 4. The Balaban J connectivity index is 1.50. The number of carbonyl (C=O) groups excluding carboxylic acids is 2. The van der Waals surface area contributed by atoms with Crippen molar-refractivity contribution < 1.29 is 14.3 Å². The minimum absolute atomic E-state index is 0.0752. The maximum Gasteiger partial charge on any atom is 0.229 e. The normalized spacial score (nSPS) is 16.2. The van der Waals surface area contributed by atoms with Gasteiger partial charge >= 0.3 is 0 Å². The van der Waals surface area contributed by atoms with Gasteiger partial charge in [-0.3, -0.25) is 9.59 Å². The Morgan fingerprint density at radius 3 is 2.82 bits per heavy atom. The van der Waals surface area contributed by atoms with E-state index in [0.29, 0.717) is 18.0 Å². The lowest BCUT2D eigenvalue weighted by Gasteiger charge is -2.18. The Hall–Kier alpha value is -3.61. The summed E-state index contributed by atoms with van der Waals surface area (Å²) in [6.45, 7) is 0.335. The number of nitrogens with one attached hydrogen (secondary N) is 1. The molecule has 0 bridgehead atoms. The largest absolute Gasteiger partial charge is 0.497 e. The SMILES string of the molecule is COc1cccc(N2CC(C(=O)Nc3ccccc3-n3cccn3)CC2=O)c1. The van der Waals surface area contributed by atoms with E-state index in [1.165, 1.54) is 0 Å². The number of carbonyl (C=O) groups is 2. The maximum absolute atomic E-state index is 12.8. The van der Waals surface area contributed by atoms with Crippen molar-refractivity contribution in [3.63, 3.8) is 0 Å². The molecule has 7 heteroatoms. The molecule has 1 aromatic heterocycles. The van der Waals surface area contributed by atoms with Gasteiger partial charge < -0.3 is 15.0 Å². The Kier molecular flexibility index (Phi) is 4.80. The van der Waals surface area contributed by atoms with Crippen LogP contribution in [0.3, 0.4) is 0 Å². The van der Waals surface area contributed by atoms with Crippen LogP contribution in [0.5, 0.6) is 5.75 Å². The minimum atomic E-state index is -0.427. The fourth-order valence-corrected chi connectivity index (χ4v) is 3.34. The van der Waals surface area contributed by atoms with Crippen LogP contribution in [-0.4, -0.2) is 35.2 Å². The average Bonchev–Trinajstić information content (AvgIpc) is 3.38. The fraction of sp³-hybridized carbons (Fsp3) is 0.190. The molecule has 2 heterocycles. The van der Waals surface area contributed by atoms with Crippen molar-refractivity contribution in [2.75, 3.05) is 23.9 Å². The molecule has 2 aromatic carbocycles. The Morgan fingerprint density at radius 2 is 2.04 bits per heavy atom. The molecule has 1 N–H and O–H groups in total. The van der Waals surface area contributed by atoms with Crippen LogP contribution in [0.4, 0.5) is 11.4 Å². The third-order valence-electron chi connectivity index (χ3n) is 4.77. The van der Waals surface area contributed by atoms with Gasteiger partial charge in [-0.2, -0.15) is 5.10 Å². The second kappa shape index (κ2) is 7.56. The number of hydrogen-bond donors (Lipinski definition) is 1. The molecule has 1 unspecified atom stereocenters. The van der Waals surface area contributed by atoms with Gasteiger partial charge in [-0.25, -0.2) is 4.68 Å². The van der Waals surface area contributed by atoms with Gasteiger partial charge in [-0.15, -0.1) is 0 Å². The van der Waals surface area contributed by atoms with Crippen molar-refractivity contribution in [1.82, 2.24) is 9.78 Å². The van der Waals surface area contributed by atoms with E-state index in [1.807, 2.05) is 54.7 Å². The molecule has 7 nitrogen and oxygen atoms in total. The Morgan fingerprint density at radius 1 is 1.18 bits per heavy atom. The first-order valence-electron chi connectivity index (χ1n) is 9.00. The number of ether oxygens (including phenoxy) is 1. The maximum atomic E-state index is 12.8. The van der Waals surface area contributed by atoms with Crippen LogP contribution in [-0.2, 0) is 9.59 Å². The molecule has 4 rings (SSSR count). The highest BCUT2D eigenvalue weighted by Crippen LogP contribution is 2.29. The lowest BCUT2D eigenvalue weighted by atomic mass is 10.1. The first kappa shape index (κ1) is 17.8. The van der Waals surface area contributed by atoms with Crippen LogP contribution in [0, 0.1) is 5.92 Å². The summed E-state index contributed by atoms with van der Waals surface area (Å²) < 4.78 is 6.92. The second-order valence-corrected chi connectivity index (χ2v) is 6.56. The van der Waals surface area contributed by atoms with E-state index in [4.69, 9.17) is 4.74 Å². The number of benzene rings is 2. The van der Waals surface area contributed by atoms with E-state index in [1.54, 1.807) is 29.0 Å². The van der Waals surface area contributed by atoms with Gasteiger partial charge in [0.25, 0.3) is 0 Å². The van der Waals surface area contributed by atoms with E-state index >= 15 is 0 Å². The lowest BCUT2D eigenvalue weighted by molar-refractivity contribution is -0.122. The molecule has 0 aliphatic carbocycles. The van der Waals surface area contributed by atoms with Crippen LogP contribution in [0.15, 0.2) is 67.0 Å². The van der Waals surface area contributed by atoms with Gasteiger partial charge in [-0.05, 0) is 30.3 Å². The van der Waals surface area contributed by atoms with Crippen molar-refractivity contribution in [1.29, 1.82) is 0 Å². The fourth-order valence-electron chi connectivity index (χ4n) is 3.34. The van der Waals surface area contributed by atoms with Crippen LogP contribution in [0.25, 0.3) is 5.69 Å². The Bertz CT molecular complexity index is 1000. The van der Waals surface area contributed by atoms with Gasteiger partial charge in [0.05, 0.1) is 24.4 Å². The molecule has 0 spiro atoms. The smallest absolute Gasteiger partial charge is 0.229 e. The first-order chi connectivity index (χ1) is 13.7. The topological polar surface area (TPSA) is 76.5 Å². The van der Waals surface area contributed by atoms with Crippen molar-refractivity contribution in [2.24, 2.45) is 5.92 Å². The summed E-state index contributed by atoms with van der Waals surface area (Å²) in [4.78, 5) is 27.0. The van der Waals surface area contributed by atoms with Crippen molar-refractivity contribution >= 4 is 23.2 Å². The number of aromatic nitrogens is 2. The van der Waals surface area contributed by atoms with Gasteiger partial charge in [0, 0.05) is 37.1 Å². The molecule has 1 aliphatic rings. The van der Waals surface area contributed by atoms with Crippen LogP contribution >= 0.6 is 0 Å². The minimum Gasteiger partial charge on any atom is -0.497 e. The predicted octanol–water partition coefficient (Wildman–Crippen LogP) is 2.87. The number of methoxy groups -OCH3 is 1. The quantitative estimate of drug-likeness (QED) is 0.743. The molecular weight excluding hydrogens is 356 g/mol. The van der Waals surface area contributed by atoms with Crippen molar-refractivity contribution in [2.45, 2.75) is 6.42 Å². The van der Waals surface area contributed by atoms with E-state index in [9.17, 15) is 9.59 Å². The number of nitrogens with zero attached hydrogens (tertiary/aromatic N) is 3. The molecule has 1 atom stereocenters. The predicted molar refractivity (Wildman–Crippen MR) is 106 cm³/mol.